The van der Waals surface area contributed by atoms with Gasteiger partial charge in [-0.05, 0) is 6.42 Å². The van der Waals surface area contributed by atoms with E-state index in [1.54, 1.807) is 0 Å². The van der Waals surface area contributed by atoms with Gasteiger partial charge in [0, 0.05) is 12.4 Å². The highest BCUT2D eigenvalue weighted by Gasteiger charge is 2.08. The monoisotopic (exact) mass is 203 g/mol. The average Bonchev–Trinajstić information content (AvgIpc) is 1.88. The molecule has 0 aromatic rings. The molecule has 0 heterocycles. The standard InChI is InChI=1S/C5H8Cl3NO/c6-2-1-3-9-5(10)4(7)8/h4H,1-3H2,(H,9,10). The summed E-state index contributed by atoms with van der Waals surface area (Å²) in [7, 11) is 0. The molecule has 0 aliphatic carbocycles. The Labute approximate surface area is 74.8 Å². The van der Waals surface area contributed by atoms with Crippen LogP contribution in [0, 0.1) is 0 Å². The van der Waals surface area contributed by atoms with Gasteiger partial charge in [-0.15, -0.1) is 11.6 Å². The summed E-state index contributed by atoms with van der Waals surface area (Å²) < 4.78 is 0. The van der Waals surface area contributed by atoms with Gasteiger partial charge in [0.25, 0.3) is 5.91 Å². The van der Waals surface area contributed by atoms with E-state index in [1.165, 1.54) is 0 Å². The van der Waals surface area contributed by atoms with E-state index < -0.39 is 4.84 Å². The smallest absolute Gasteiger partial charge is 0.253 e. The zero-order chi connectivity index (χ0) is 7.98. The van der Waals surface area contributed by atoms with Crippen LogP contribution >= 0.6 is 34.8 Å². The molecule has 0 radical (unpaired) electrons. The number of hydrogen-bond donors (Lipinski definition) is 1. The zero-order valence-electron chi connectivity index (χ0n) is 5.24. The molecule has 5 heteroatoms. The van der Waals surface area contributed by atoms with Crippen molar-refractivity contribution >= 4 is 40.7 Å². The Morgan fingerprint density at radius 1 is 1.50 bits per heavy atom. The first kappa shape index (κ1) is 10.3. The Kier molecular flexibility index (Phi) is 6.28. The second kappa shape index (κ2) is 6.08. The third-order valence-electron chi connectivity index (χ3n) is 0.808. The normalized spacial score (nSPS) is 10.0. The summed E-state index contributed by atoms with van der Waals surface area (Å²) in [6.07, 6.45) is 0.730. The summed E-state index contributed by atoms with van der Waals surface area (Å²) in [5.41, 5.74) is 0. The molecule has 0 saturated carbocycles. The van der Waals surface area contributed by atoms with Crippen molar-refractivity contribution in [2.75, 3.05) is 12.4 Å². The average molecular weight is 204 g/mol. The van der Waals surface area contributed by atoms with Gasteiger partial charge in [0.1, 0.15) is 0 Å². The maximum Gasteiger partial charge on any atom is 0.253 e. The second-order valence-electron chi connectivity index (χ2n) is 1.63. The first-order valence-electron chi connectivity index (χ1n) is 2.80. The summed E-state index contributed by atoms with van der Waals surface area (Å²) in [5, 5.41) is 2.50. The van der Waals surface area contributed by atoms with Crippen molar-refractivity contribution in [3.63, 3.8) is 0 Å². The van der Waals surface area contributed by atoms with Crippen LogP contribution in [0.4, 0.5) is 0 Å². The van der Waals surface area contributed by atoms with E-state index in [9.17, 15) is 4.79 Å². The molecule has 0 atom stereocenters. The molecular formula is C5H8Cl3NO. The minimum Gasteiger partial charge on any atom is -0.354 e. The summed E-state index contributed by atoms with van der Waals surface area (Å²) in [4.78, 5) is 9.62. The van der Waals surface area contributed by atoms with E-state index in [0.29, 0.717) is 12.4 Å². The van der Waals surface area contributed by atoms with Crippen molar-refractivity contribution in [3.8, 4) is 0 Å². The van der Waals surface area contributed by atoms with Crippen LogP contribution in [-0.2, 0) is 4.79 Å². The Balaban J connectivity index is 3.22. The number of nitrogens with one attached hydrogen (secondary N) is 1. The van der Waals surface area contributed by atoms with E-state index in [0.717, 1.165) is 6.42 Å². The van der Waals surface area contributed by atoms with Crippen LogP contribution in [0.1, 0.15) is 6.42 Å². The molecule has 0 unspecified atom stereocenters. The maximum absolute atomic E-state index is 10.6. The number of carbonyl (C=O) groups is 1. The van der Waals surface area contributed by atoms with Gasteiger partial charge in [0.05, 0.1) is 0 Å². The molecule has 1 N–H and O–H groups in total. The molecule has 0 aliphatic rings. The highest BCUT2D eigenvalue weighted by atomic mass is 35.5. The van der Waals surface area contributed by atoms with Crippen molar-refractivity contribution in [1.29, 1.82) is 0 Å². The van der Waals surface area contributed by atoms with E-state index in [1.807, 2.05) is 0 Å². The molecule has 1 amide bonds. The van der Waals surface area contributed by atoms with Gasteiger partial charge in [-0.1, -0.05) is 23.2 Å². The third kappa shape index (κ3) is 5.15. The quantitative estimate of drug-likeness (QED) is 0.546. The molecule has 0 aromatic heterocycles. The van der Waals surface area contributed by atoms with Crippen molar-refractivity contribution in [2.24, 2.45) is 0 Å². The summed E-state index contributed by atoms with van der Waals surface area (Å²) in [5.74, 6) is 0.156. The number of rotatable bonds is 4. The lowest BCUT2D eigenvalue weighted by Crippen LogP contribution is -2.29. The van der Waals surface area contributed by atoms with Crippen molar-refractivity contribution in [1.82, 2.24) is 5.32 Å². The van der Waals surface area contributed by atoms with E-state index in [4.69, 9.17) is 34.8 Å². The van der Waals surface area contributed by atoms with E-state index in [2.05, 4.69) is 5.32 Å². The molecule has 0 aromatic carbocycles. The SMILES string of the molecule is O=C(NCCCCl)C(Cl)Cl. The van der Waals surface area contributed by atoms with Gasteiger partial charge in [-0.2, -0.15) is 0 Å². The number of alkyl halides is 3. The largest absolute Gasteiger partial charge is 0.354 e. The van der Waals surface area contributed by atoms with Crippen molar-refractivity contribution < 1.29 is 4.79 Å². The number of halogens is 3. The summed E-state index contributed by atoms with van der Waals surface area (Å²) in [6.45, 7) is 0.526. The summed E-state index contributed by atoms with van der Waals surface area (Å²) in [6, 6.07) is 0. The van der Waals surface area contributed by atoms with Gasteiger partial charge in [0.15, 0.2) is 4.84 Å². The molecule has 0 aliphatic heterocycles. The Bertz CT molecular complexity index is 107. The second-order valence-corrected chi connectivity index (χ2v) is 3.11. The van der Waals surface area contributed by atoms with Crippen LogP contribution in [0.5, 0.6) is 0 Å². The molecule has 0 saturated heterocycles. The van der Waals surface area contributed by atoms with Gasteiger partial charge in [0.2, 0.25) is 0 Å². The third-order valence-corrected chi connectivity index (χ3v) is 1.47. The molecule has 0 rings (SSSR count). The molecule has 2 nitrogen and oxygen atoms in total. The first-order valence-corrected chi connectivity index (χ1v) is 4.21. The lowest BCUT2D eigenvalue weighted by Gasteiger charge is -2.02. The van der Waals surface area contributed by atoms with Crippen LogP contribution in [0.15, 0.2) is 0 Å². The van der Waals surface area contributed by atoms with Gasteiger partial charge < -0.3 is 5.32 Å². The van der Waals surface area contributed by atoms with Crippen LogP contribution < -0.4 is 5.32 Å². The first-order chi connectivity index (χ1) is 4.68. The van der Waals surface area contributed by atoms with Crippen molar-refractivity contribution in [3.05, 3.63) is 0 Å². The predicted octanol–water partition coefficient (Wildman–Crippen LogP) is 1.54. The van der Waals surface area contributed by atoms with Gasteiger partial charge >= 0.3 is 0 Å². The van der Waals surface area contributed by atoms with E-state index >= 15 is 0 Å². The lowest BCUT2D eigenvalue weighted by molar-refractivity contribution is -0.119. The fraction of sp³-hybridized carbons (Fsp3) is 0.800. The Morgan fingerprint density at radius 2 is 2.10 bits per heavy atom. The number of hydrogen-bond acceptors (Lipinski definition) is 1. The lowest BCUT2D eigenvalue weighted by atomic mass is 10.5. The minimum atomic E-state index is -0.977. The van der Waals surface area contributed by atoms with Crippen LogP contribution in [0.25, 0.3) is 0 Å². The van der Waals surface area contributed by atoms with Crippen LogP contribution in [-0.4, -0.2) is 23.2 Å². The van der Waals surface area contributed by atoms with E-state index in [-0.39, 0.29) is 5.91 Å². The maximum atomic E-state index is 10.6. The number of carbonyl (C=O) groups excluding carboxylic acids is 1. The minimum absolute atomic E-state index is 0.367. The molecular weight excluding hydrogens is 196 g/mol. The Morgan fingerprint density at radius 3 is 2.50 bits per heavy atom. The highest BCUT2D eigenvalue weighted by Crippen LogP contribution is 1.99. The number of amides is 1. The van der Waals surface area contributed by atoms with Gasteiger partial charge in [-0.3, -0.25) is 4.79 Å². The van der Waals surface area contributed by atoms with Crippen LogP contribution in [0.3, 0.4) is 0 Å². The summed E-state index contributed by atoms with van der Waals surface area (Å²) >= 11 is 15.8. The van der Waals surface area contributed by atoms with Gasteiger partial charge in [-0.25, -0.2) is 0 Å². The molecule has 0 fully saturated rings. The van der Waals surface area contributed by atoms with Crippen LogP contribution in [0.2, 0.25) is 0 Å². The fourth-order valence-corrected chi connectivity index (χ4v) is 0.643. The Hall–Kier alpha value is 0.340. The molecule has 0 bridgehead atoms. The zero-order valence-corrected chi connectivity index (χ0v) is 7.51. The molecule has 10 heavy (non-hydrogen) atoms. The molecule has 60 valence electrons. The molecule has 0 spiro atoms. The fourth-order valence-electron chi connectivity index (χ4n) is 0.356. The predicted molar refractivity (Wildman–Crippen MR) is 43.8 cm³/mol. The topological polar surface area (TPSA) is 29.1 Å². The highest BCUT2D eigenvalue weighted by molar-refractivity contribution is 6.53. The van der Waals surface area contributed by atoms with Crippen molar-refractivity contribution in [2.45, 2.75) is 11.3 Å².